The fourth-order valence-corrected chi connectivity index (χ4v) is 7.94. The summed E-state index contributed by atoms with van der Waals surface area (Å²) in [6, 6.07) is 64.1. The van der Waals surface area contributed by atoms with Crippen LogP contribution >= 0.6 is 0 Å². The molecule has 0 fully saturated rings. The van der Waals surface area contributed by atoms with Crippen molar-refractivity contribution in [3.05, 3.63) is 217 Å². The van der Waals surface area contributed by atoms with E-state index in [4.69, 9.17) is 12.3 Å². The molecular weight excluding hydrogens is 920 g/mol. The van der Waals surface area contributed by atoms with Crippen molar-refractivity contribution in [1.82, 2.24) is 4.98 Å². The molecule has 0 unspecified atom stereocenters. The predicted molar refractivity (Wildman–Crippen MR) is 254 cm³/mol. The Morgan fingerprint density at radius 3 is 1.95 bits per heavy atom. The van der Waals surface area contributed by atoms with Crippen molar-refractivity contribution in [2.75, 3.05) is 14.7 Å². The number of anilines is 7. The fourth-order valence-electron chi connectivity index (χ4n) is 7.94. The van der Waals surface area contributed by atoms with E-state index in [-0.39, 0.29) is 54.6 Å². The zero-order valence-electron chi connectivity index (χ0n) is 43.0. The zero-order valence-corrected chi connectivity index (χ0v) is 36.4. The van der Waals surface area contributed by atoms with Crippen molar-refractivity contribution in [2.24, 2.45) is 0 Å². The summed E-state index contributed by atoms with van der Waals surface area (Å²) in [4.78, 5) is 11.0. The van der Waals surface area contributed by atoms with Crippen LogP contribution in [0, 0.1) is 39.4 Å². The molecule has 0 saturated heterocycles. The van der Waals surface area contributed by atoms with E-state index in [0.717, 1.165) is 34.6 Å². The van der Waals surface area contributed by atoms with Crippen molar-refractivity contribution in [3.63, 3.8) is 0 Å². The van der Waals surface area contributed by atoms with Gasteiger partial charge < -0.3 is 19.7 Å². The van der Waals surface area contributed by atoms with E-state index in [0.29, 0.717) is 5.56 Å². The van der Waals surface area contributed by atoms with Crippen LogP contribution in [0.3, 0.4) is 0 Å². The van der Waals surface area contributed by atoms with Crippen LogP contribution < -0.4 is 31.1 Å². The van der Waals surface area contributed by atoms with Crippen LogP contribution in [0.5, 0.6) is 0 Å². The molecule has 0 saturated carbocycles. The topological polar surface area (TPSA) is 22.6 Å². The Hall–Kier alpha value is -6.20. The van der Waals surface area contributed by atoms with E-state index >= 15 is 0 Å². The third-order valence-electron chi connectivity index (χ3n) is 11.0. The maximum atomic E-state index is 7.54. The Morgan fingerprint density at radius 1 is 0.607 bits per heavy atom. The molecule has 61 heavy (non-hydrogen) atoms. The third-order valence-corrected chi connectivity index (χ3v) is 11.0. The Morgan fingerprint density at radius 2 is 1.30 bits per heavy atom. The van der Waals surface area contributed by atoms with Crippen LogP contribution in [-0.2, 0) is 25.5 Å². The molecule has 0 spiro atoms. The maximum absolute atomic E-state index is 7.54. The van der Waals surface area contributed by atoms with Crippen molar-refractivity contribution in [1.29, 1.82) is 0 Å². The second kappa shape index (κ2) is 17.4. The standard InChI is InChI=1S/C41H34BN3.C14H14N.Ir/c1-41(2,3)30-24-25-35-37(26-30)45(34-22-14-7-15-23-34)38-28-40-39(27-36(38)42(35)31-16-8-4-9-17-31)43(32-18-10-5-11-19-32)29-44(40)33-20-12-6-13-21-33;1-10-4-6-13(7-5-10)14-8-11(2)12(3)9-15-14;/h4-18,20-29H,1-3H3;4-6,8-9H,1-3H3;/q-2;-1;+3/i;1D3,2D3,3D3;. The smallest absolute Gasteiger partial charge is 0.493 e. The Bertz CT molecular complexity index is 3090. The fraction of sp³-hybridized carbons (Fsp3) is 0.127. The number of hydrogen-bond donors (Lipinski definition) is 0. The van der Waals surface area contributed by atoms with Gasteiger partial charge in [-0.15, -0.1) is 47.7 Å². The number of nitrogens with zero attached hydrogens (tertiary/aromatic N) is 4. The van der Waals surface area contributed by atoms with Gasteiger partial charge in [0, 0.05) is 52.7 Å². The molecule has 1 aromatic heterocycles. The summed E-state index contributed by atoms with van der Waals surface area (Å²) in [5.74, 6) is 0. The number of aromatic nitrogens is 1. The largest absolute Gasteiger partial charge is 3.00 e. The van der Waals surface area contributed by atoms with E-state index in [9.17, 15) is 0 Å². The summed E-state index contributed by atoms with van der Waals surface area (Å²) >= 11 is 0. The average Bonchev–Trinajstić information content (AvgIpc) is 3.71. The van der Waals surface area contributed by atoms with Crippen LogP contribution in [-0.4, -0.2) is 11.7 Å². The van der Waals surface area contributed by atoms with Crippen LogP contribution in [0.1, 0.15) is 55.4 Å². The number of pyridine rings is 1. The van der Waals surface area contributed by atoms with Crippen LogP contribution in [0.15, 0.2) is 176 Å². The van der Waals surface area contributed by atoms with Crippen LogP contribution in [0.25, 0.3) is 11.3 Å². The molecule has 3 heterocycles. The number of aryl methyl sites for hydroxylation is 3. The second-order valence-electron chi connectivity index (χ2n) is 16.0. The van der Waals surface area contributed by atoms with Gasteiger partial charge in [0.1, 0.15) is 0 Å². The summed E-state index contributed by atoms with van der Waals surface area (Å²) in [5, 5.41) is 0. The minimum atomic E-state index is -2.61. The first-order valence-electron chi connectivity index (χ1n) is 24.5. The summed E-state index contributed by atoms with van der Waals surface area (Å²) < 4.78 is 66.9. The van der Waals surface area contributed by atoms with Crippen molar-refractivity contribution < 1.29 is 32.4 Å². The number of benzene rings is 7. The van der Waals surface area contributed by atoms with Gasteiger partial charge in [0.25, 0.3) is 0 Å². The summed E-state index contributed by atoms with van der Waals surface area (Å²) in [6.45, 7) is 1.69. The third kappa shape index (κ3) is 8.31. The van der Waals surface area contributed by atoms with Gasteiger partial charge in [-0.25, -0.2) is 0 Å². The molecule has 0 bridgehead atoms. The van der Waals surface area contributed by atoms with E-state index in [2.05, 4.69) is 193 Å². The number of fused-ring (bicyclic) bond motifs is 3. The minimum Gasteiger partial charge on any atom is -0.493 e. The first-order chi connectivity index (χ1) is 32.8. The van der Waals surface area contributed by atoms with Gasteiger partial charge in [-0.3, -0.25) is 0 Å². The van der Waals surface area contributed by atoms with E-state index in [1.807, 2.05) is 12.1 Å². The summed E-state index contributed by atoms with van der Waals surface area (Å²) in [5.41, 5.74) is 13.3. The number of hydrogen-bond acceptors (Lipinski definition) is 4. The van der Waals surface area contributed by atoms with E-state index in [1.165, 1.54) is 57.6 Å². The van der Waals surface area contributed by atoms with Gasteiger partial charge in [-0.1, -0.05) is 124 Å². The molecule has 0 amide bonds. The second-order valence-corrected chi connectivity index (χ2v) is 16.0. The molecule has 300 valence electrons. The van der Waals surface area contributed by atoms with Crippen molar-refractivity contribution in [3.8, 4) is 11.3 Å². The van der Waals surface area contributed by atoms with E-state index < -0.39 is 20.6 Å². The zero-order chi connectivity index (χ0) is 48.9. The van der Waals surface area contributed by atoms with Crippen LogP contribution in [0.4, 0.5) is 39.8 Å². The monoisotopic (exact) mass is 977 g/mol. The molecule has 0 atom stereocenters. The van der Waals surface area contributed by atoms with Gasteiger partial charge in [0.15, 0.2) is 0 Å². The molecule has 2 aliphatic heterocycles. The van der Waals surface area contributed by atoms with Gasteiger partial charge in [0.05, 0.1) is 0 Å². The van der Waals surface area contributed by atoms with Crippen molar-refractivity contribution in [2.45, 2.75) is 46.7 Å². The molecule has 8 aromatic rings. The molecule has 7 aromatic carbocycles. The van der Waals surface area contributed by atoms with Gasteiger partial charge in [-0.2, -0.15) is 30.3 Å². The summed E-state index contributed by atoms with van der Waals surface area (Å²) in [6.07, 6.45) is 1.02. The molecule has 0 radical (unpaired) electrons. The minimum absolute atomic E-state index is 0. The van der Waals surface area contributed by atoms with Gasteiger partial charge >= 0.3 is 20.1 Å². The molecule has 6 heteroatoms. The number of rotatable bonds is 5. The van der Waals surface area contributed by atoms with E-state index in [1.54, 1.807) is 0 Å². The van der Waals surface area contributed by atoms with Gasteiger partial charge in [0.2, 0.25) is 6.71 Å². The molecule has 2 aliphatic rings. The molecule has 4 nitrogen and oxygen atoms in total. The maximum Gasteiger partial charge on any atom is 3.00 e. The Balaban J connectivity index is 0.000000224. The SMILES string of the molecule is CC(C)(C)c1ccc2c(c1)N(c1ccccc1)c1cc3c(cc1B2c1ccccc1)N(c1[c-]cccc1)[CH-]N3c1ccccc1.[2H]C([2H])([2H])c1c[c-]c(-c2cc(C([2H])([2H])[2H])c(C([2H])([2H])[2H])cn2)cc1.[Ir+3]. The van der Waals surface area contributed by atoms with Crippen LogP contribution in [0.2, 0.25) is 0 Å². The molecule has 10 rings (SSSR count). The average molecular weight is 977 g/mol. The molecule has 0 N–H and O–H groups in total. The quantitative estimate of drug-likeness (QED) is 0.127. The first-order valence-corrected chi connectivity index (χ1v) is 20.0. The first kappa shape index (κ1) is 31.6. The molecular formula is C55H48BIrN4. The Labute approximate surface area is 388 Å². The number of para-hydroxylation sites is 3. The van der Waals surface area contributed by atoms with Gasteiger partial charge in [-0.05, 0) is 89.3 Å². The predicted octanol–water partition coefficient (Wildman–Crippen LogP) is 12.0. The van der Waals surface area contributed by atoms with Crippen molar-refractivity contribution >= 4 is 62.9 Å². The Kier molecular flexibility index (Phi) is 9.04. The normalized spacial score (nSPS) is 15.6. The molecule has 0 aliphatic carbocycles. The summed E-state index contributed by atoms with van der Waals surface area (Å²) in [7, 11) is 0.